The Morgan fingerprint density at radius 3 is 2.58 bits per heavy atom. The van der Waals surface area contributed by atoms with Gasteiger partial charge in [-0.1, -0.05) is 6.07 Å². The molecular weight excluding hydrogens is 274 g/mol. The Labute approximate surface area is 112 Å². The predicted octanol–water partition coefficient (Wildman–Crippen LogP) is 3.61. The summed E-state index contributed by atoms with van der Waals surface area (Å²) < 4.78 is 32.0. The number of benzene rings is 1. The van der Waals surface area contributed by atoms with Crippen molar-refractivity contribution in [2.75, 3.05) is 0 Å². The highest BCUT2D eigenvalue weighted by Crippen LogP contribution is 2.29. The van der Waals surface area contributed by atoms with E-state index >= 15 is 0 Å². The first-order valence-corrected chi connectivity index (χ1v) is 6.20. The van der Waals surface area contributed by atoms with Gasteiger partial charge in [0.15, 0.2) is 4.88 Å². The molecule has 0 unspecified atom stereocenters. The van der Waals surface area contributed by atoms with Crippen LogP contribution >= 0.6 is 11.3 Å². The molecule has 0 saturated heterocycles. The van der Waals surface area contributed by atoms with Gasteiger partial charge in [-0.3, -0.25) is 0 Å². The molecule has 1 N–H and O–H groups in total. The molecule has 1 aromatic carbocycles. The van der Waals surface area contributed by atoms with Gasteiger partial charge in [-0.15, -0.1) is 11.3 Å². The fourth-order valence-corrected chi connectivity index (χ4v) is 2.36. The number of thiophene rings is 1. The molecule has 0 atom stereocenters. The van der Waals surface area contributed by atoms with Crippen molar-refractivity contribution < 1.29 is 23.4 Å². The Kier molecular flexibility index (Phi) is 3.80. The van der Waals surface area contributed by atoms with E-state index in [-0.39, 0.29) is 22.8 Å². The number of carboxylic acids is 1. The maximum Gasteiger partial charge on any atom is 0.349 e. The minimum atomic E-state index is -1.12. The van der Waals surface area contributed by atoms with E-state index in [1.807, 2.05) is 0 Å². The van der Waals surface area contributed by atoms with Crippen molar-refractivity contribution in [3.8, 4) is 5.75 Å². The van der Waals surface area contributed by atoms with Crippen molar-refractivity contribution in [3.63, 3.8) is 0 Å². The van der Waals surface area contributed by atoms with E-state index in [1.165, 1.54) is 12.1 Å². The van der Waals surface area contributed by atoms with E-state index in [4.69, 9.17) is 9.84 Å². The summed E-state index contributed by atoms with van der Waals surface area (Å²) in [7, 11) is 0. The number of aryl methyl sites for hydroxylation is 1. The van der Waals surface area contributed by atoms with Gasteiger partial charge in [0.25, 0.3) is 0 Å². The van der Waals surface area contributed by atoms with Gasteiger partial charge in [0.2, 0.25) is 0 Å². The van der Waals surface area contributed by atoms with Gasteiger partial charge in [0.05, 0.1) is 5.56 Å². The first-order valence-electron chi connectivity index (χ1n) is 5.38. The molecule has 0 spiro atoms. The molecule has 0 bridgehead atoms. The Morgan fingerprint density at radius 2 is 2.00 bits per heavy atom. The van der Waals surface area contributed by atoms with Crippen LogP contribution in [-0.4, -0.2) is 11.1 Å². The summed E-state index contributed by atoms with van der Waals surface area (Å²) in [5.41, 5.74) is -0.220. The van der Waals surface area contributed by atoms with E-state index in [2.05, 4.69) is 0 Å². The SMILES string of the molecule is Cc1cc(OCc2c(F)cccc2F)c(C(=O)O)s1. The average Bonchev–Trinajstić information content (AvgIpc) is 2.70. The Hall–Kier alpha value is -1.95. The van der Waals surface area contributed by atoms with Crippen LogP contribution in [0.2, 0.25) is 0 Å². The second-order valence-corrected chi connectivity index (χ2v) is 5.10. The molecule has 0 saturated carbocycles. The molecule has 0 aliphatic carbocycles. The third-order valence-corrected chi connectivity index (χ3v) is 3.47. The molecule has 19 heavy (non-hydrogen) atoms. The third-order valence-electron chi connectivity index (χ3n) is 2.45. The molecule has 0 amide bonds. The van der Waals surface area contributed by atoms with Gasteiger partial charge in [-0.25, -0.2) is 13.6 Å². The minimum Gasteiger partial charge on any atom is -0.487 e. The van der Waals surface area contributed by atoms with Crippen LogP contribution in [0.5, 0.6) is 5.75 Å². The second-order valence-electron chi connectivity index (χ2n) is 3.84. The van der Waals surface area contributed by atoms with Gasteiger partial charge in [0, 0.05) is 4.88 Å². The van der Waals surface area contributed by atoms with Crippen molar-refractivity contribution in [1.82, 2.24) is 0 Å². The van der Waals surface area contributed by atoms with Crippen LogP contribution in [0.15, 0.2) is 24.3 Å². The summed E-state index contributed by atoms with van der Waals surface area (Å²) in [6.45, 7) is 1.38. The smallest absolute Gasteiger partial charge is 0.349 e. The molecule has 1 heterocycles. The lowest BCUT2D eigenvalue weighted by molar-refractivity contribution is 0.0697. The maximum atomic E-state index is 13.4. The lowest BCUT2D eigenvalue weighted by atomic mass is 10.2. The molecule has 0 aliphatic heterocycles. The van der Waals surface area contributed by atoms with Crippen LogP contribution in [0.4, 0.5) is 8.78 Å². The first kappa shape index (κ1) is 13.5. The van der Waals surface area contributed by atoms with Gasteiger partial charge in [-0.2, -0.15) is 0 Å². The fraction of sp³-hybridized carbons (Fsp3) is 0.154. The summed E-state index contributed by atoms with van der Waals surface area (Å²) in [5.74, 6) is -2.44. The zero-order valence-electron chi connectivity index (χ0n) is 9.94. The van der Waals surface area contributed by atoms with E-state index in [0.717, 1.165) is 28.3 Å². The topological polar surface area (TPSA) is 46.5 Å². The molecule has 2 aromatic rings. The predicted molar refractivity (Wildman–Crippen MR) is 66.7 cm³/mol. The highest BCUT2D eigenvalue weighted by Gasteiger charge is 2.17. The van der Waals surface area contributed by atoms with Crippen LogP contribution in [0.1, 0.15) is 20.1 Å². The third kappa shape index (κ3) is 2.90. The molecular formula is C13H10F2O3S. The van der Waals surface area contributed by atoms with E-state index in [0.29, 0.717) is 0 Å². The van der Waals surface area contributed by atoms with Crippen molar-refractivity contribution in [2.45, 2.75) is 13.5 Å². The average molecular weight is 284 g/mol. The largest absolute Gasteiger partial charge is 0.487 e. The Morgan fingerprint density at radius 1 is 1.37 bits per heavy atom. The number of ether oxygens (including phenoxy) is 1. The zero-order chi connectivity index (χ0) is 14.0. The molecule has 3 nitrogen and oxygen atoms in total. The number of aromatic carboxylic acids is 1. The number of hydrogen-bond donors (Lipinski definition) is 1. The molecule has 1 aromatic heterocycles. The van der Waals surface area contributed by atoms with Gasteiger partial charge >= 0.3 is 5.97 Å². The van der Waals surface area contributed by atoms with Gasteiger partial charge in [0.1, 0.15) is 24.0 Å². The monoisotopic (exact) mass is 284 g/mol. The summed E-state index contributed by atoms with van der Waals surface area (Å²) in [6.07, 6.45) is 0. The first-order chi connectivity index (χ1) is 8.99. The number of hydrogen-bond acceptors (Lipinski definition) is 3. The van der Waals surface area contributed by atoms with Crippen LogP contribution in [-0.2, 0) is 6.61 Å². The number of carboxylic acid groups (broad SMARTS) is 1. The zero-order valence-corrected chi connectivity index (χ0v) is 10.8. The summed E-state index contributed by atoms with van der Waals surface area (Å²) >= 11 is 1.05. The van der Waals surface area contributed by atoms with Crippen molar-refractivity contribution in [1.29, 1.82) is 0 Å². The fourth-order valence-electron chi connectivity index (χ4n) is 1.57. The maximum absolute atomic E-state index is 13.4. The minimum absolute atomic E-state index is 0.0225. The molecule has 100 valence electrons. The van der Waals surface area contributed by atoms with Crippen LogP contribution in [0.3, 0.4) is 0 Å². The highest BCUT2D eigenvalue weighted by molar-refractivity contribution is 7.14. The summed E-state index contributed by atoms with van der Waals surface area (Å²) in [4.78, 5) is 11.7. The number of halogens is 2. The standard InChI is InChI=1S/C13H10F2O3S/c1-7-5-11(12(19-7)13(16)17)18-6-8-9(14)3-2-4-10(8)15/h2-5H,6H2,1H3,(H,16,17). The van der Waals surface area contributed by atoms with Crippen LogP contribution < -0.4 is 4.74 Å². The number of carbonyl (C=O) groups is 1. The number of rotatable bonds is 4. The summed E-state index contributed by atoms with van der Waals surface area (Å²) in [6, 6.07) is 5.04. The van der Waals surface area contributed by atoms with E-state index in [9.17, 15) is 13.6 Å². The van der Waals surface area contributed by atoms with E-state index in [1.54, 1.807) is 6.92 Å². The molecule has 6 heteroatoms. The molecule has 2 rings (SSSR count). The normalized spacial score (nSPS) is 10.5. The van der Waals surface area contributed by atoms with Crippen LogP contribution in [0.25, 0.3) is 0 Å². The lowest BCUT2D eigenvalue weighted by Crippen LogP contribution is -2.03. The lowest BCUT2D eigenvalue weighted by Gasteiger charge is -2.07. The van der Waals surface area contributed by atoms with Crippen molar-refractivity contribution in [2.24, 2.45) is 0 Å². The van der Waals surface area contributed by atoms with Crippen molar-refractivity contribution >= 4 is 17.3 Å². The quantitative estimate of drug-likeness (QED) is 0.933. The second kappa shape index (κ2) is 5.36. The highest BCUT2D eigenvalue weighted by atomic mass is 32.1. The van der Waals surface area contributed by atoms with Gasteiger partial charge in [-0.05, 0) is 25.1 Å². The van der Waals surface area contributed by atoms with Gasteiger partial charge < -0.3 is 9.84 Å². The van der Waals surface area contributed by atoms with E-state index < -0.39 is 17.6 Å². The molecule has 0 fully saturated rings. The summed E-state index contributed by atoms with van der Waals surface area (Å²) in [5, 5.41) is 8.97. The van der Waals surface area contributed by atoms with Crippen LogP contribution in [0, 0.1) is 18.6 Å². The molecule has 0 aliphatic rings. The molecule has 0 radical (unpaired) electrons. The van der Waals surface area contributed by atoms with Crippen molar-refractivity contribution in [3.05, 3.63) is 51.2 Å². The Balaban J connectivity index is 2.21. The Bertz CT molecular complexity index is 602.